The number of para-hydroxylation sites is 1. The van der Waals surface area contributed by atoms with Gasteiger partial charge in [0.05, 0.1) is 5.69 Å². The van der Waals surface area contributed by atoms with Gasteiger partial charge in [0, 0.05) is 68.1 Å². The number of anilines is 3. The summed E-state index contributed by atoms with van der Waals surface area (Å²) in [6, 6.07) is 63.6. The Morgan fingerprint density at radius 3 is 1.90 bits per heavy atom. The lowest BCUT2D eigenvalue weighted by Gasteiger charge is -2.27. The SMILES string of the molecule is c1ccc(-c2ccc(N(c3cccc(-c4cc5c6ccccc6sc5c5c4oc4ccccc45)c3)c3cccc4sc5ccccc5c34)cc2)cc1. The summed E-state index contributed by atoms with van der Waals surface area (Å²) in [5.74, 6) is 0. The quantitative estimate of drug-likeness (QED) is 0.178. The molecule has 0 aliphatic carbocycles. The third-order valence-electron chi connectivity index (χ3n) is 10.3. The van der Waals surface area contributed by atoms with Crippen molar-refractivity contribution in [2.24, 2.45) is 0 Å². The summed E-state index contributed by atoms with van der Waals surface area (Å²) < 4.78 is 11.9. The number of thiophene rings is 2. The minimum atomic E-state index is 0.913. The molecule has 0 spiro atoms. The van der Waals surface area contributed by atoms with Gasteiger partial charge in [-0.05, 0) is 77.4 Å². The van der Waals surface area contributed by atoms with Gasteiger partial charge in [0.15, 0.2) is 0 Å². The lowest BCUT2D eigenvalue weighted by molar-refractivity contribution is 0.670. The molecule has 0 saturated heterocycles. The summed E-state index contributed by atoms with van der Waals surface area (Å²) in [4.78, 5) is 2.42. The highest BCUT2D eigenvalue weighted by atomic mass is 32.1. The van der Waals surface area contributed by atoms with Crippen LogP contribution in [0, 0.1) is 0 Å². The number of fused-ring (bicyclic) bond motifs is 10. The van der Waals surface area contributed by atoms with Crippen molar-refractivity contribution in [3.8, 4) is 22.3 Å². The van der Waals surface area contributed by atoms with Crippen LogP contribution in [0.1, 0.15) is 0 Å². The molecular formula is C48H29NOS2. The Hall–Kier alpha value is -6.20. The fourth-order valence-electron chi connectivity index (χ4n) is 7.89. The standard InChI is InChI=1S/C48H29NOS2/c1-2-12-30(13-3-1)31-24-26-33(27-25-31)49(40-19-11-23-44-45(40)37-18-6-9-22-43(37)51-44)34-15-10-14-32(28-34)38-29-39-35-16-5-8-21-42(35)52-48(39)46-36-17-4-7-20-41(36)50-47(38)46/h1-29H. The molecule has 0 bridgehead atoms. The second-order valence-electron chi connectivity index (χ2n) is 13.2. The number of hydrogen-bond acceptors (Lipinski definition) is 4. The van der Waals surface area contributed by atoms with Crippen LogP contribution >= 0.6 is 22.7 Å². The van der Waals surface area contributed by atoms with Gasteiger partial charge < -0.3 is 9.32 Å². The fourth-order valence-corrected chi connectivity index (χ4v) is 10.3. The normalized spacial score (nSPS) is 11.8. The van der Waals surface area contributed by atoms with Crippen molar-refractivity contribution in [2.75, 3.05) is 4.90 Å². The summed E-state index contributed by atoms with van der Waals surface area (Å²) in [5, 5.41) is 7.44. The topological polar surface area (TPSA) is 16.4 Å². The maximum atomic E-state index is 6.76. The lowest BCUT2D eigenvalue weighted by Crippen LogP contribution is -2.10. The van der Waals surface area contributed by atoms with Crippen molar-refractivity contribution < 1.29 is 4.42 Å². The van der Waals surface area contributed by atoms with Gasteiger partial charge in [0.2, 0.25) is 0 Å². The Balaban J connectivity index is 1.16. The number of furan rings is 1. The monoisotopic (exact) mass is 699 g/mol. The van der Waals surface area contributed by atoms with Crippen molar-refractivity contribution in [1.82, 2.24) is 0 Å². The molecule has 0 radical (unpaired) electrons. The van der Waals surface area contributed by atoms with Gasteiger partial charge in [-0.3, -0.25) is 0 Å². The van der Waals surface area contributed by atoms with E-state index in [2.05, 4.69) is 181 Å². The Labute approximate surface area is 308 Å². The van der Waals surface area contributed by atoms with E-state index >= 15 is 0 Å². The Morgan fingerprint density at radius 2 is 1.06 bits per heavy atom. The number of rotatable bonds is 5. The van der Waals surface area contributed by atoms with E-state index in [-0.39, 0.29) is 0 Å². The van der Waals surface area contributed by atoms with E-state index < -0.39 is 0 Å². The van der Waals surface area contributed by atoms with Gasteiger partial charge in [-0.25, -0.2) is 0 Å². The highest BCUT2D eigenvalue weighted by molar-refractivity contribution is 7.27. The lowest BCUT2D eigenvalue weighted by atomic mass is 9.98. The van der Waals surface area contributed by atoms with E-state index in [1.54, 1.807) is 0 Å². The molecular weight excluding hydrogens is 671 g/mol. The van der Waals surface area contributed by atoms with Gasteiger partial charge in [0.25, 0.3) is 0 Å². The maximum absolute atomic E-state index is 6.76. The molecule has 3 aromatic heterocycles. The van der Waals surface area contributed by atoms with Crippen LogP contribution in [-0.2, 0) is 0 Å². The Bertz CT molecular complexity index is 3130. The van der Waals surface area contributed by atoms with E-state index in [1.165, 1.54) is 56.9 Å². The molecule has 11 rings (SSSR count). The Morgan fingerprint density at radius 1 is 0.404 bits per heavy atom. The van der Waals surface area contributed by atoms with Crippen LogP contribution in [0.5, 0.6) is 0 Å². The Kier molecular flexibility index (Phi) is 6.63. The molecule has 0 aliphatic heterocycles. The van der Waals surface area contributed by atoms with Gasteiger partial charge in [0.1, 0.15) is 11.2 Å². The summed E-state index contributed by atoms with van der Waals surface area (Å²) in [7, 11) is 0. The van der Waals surface area contributed by atoms with E-state index in [1.807, 2.05) is 22.7 Å². The molecule has 8 aromatic carbocycles. The number of nitrogens with zero attached hydrogens (tertiary/aromatic N) is 1. The van der Waals surface area contributed by atoms with E-state index in [4.69, 9.17) is 4.42 Å². The van der Waals surface area contributed by atoms with Crippen molar-refractivity contribution in [3.63, 3.8) is 0 Å². The second kappa shape index (κ2) is 11.7. The van der Waals surface area contributed by atoms with Crippen LogP contribution in [-0.4, -0.2) is 0 Å². The third-order valence-corrected chi connectivity index (χ3v) is 12.6. The molecule has 52 heavy (non-hydrogen) atoms. The first kappa shape index (κ1) is 29.5. The first-order chi connectivity index (χ1) is 25.8. The average molecular weight is 700 g/mol. The zero-order valence-corrected chi connectivity index (χ0v) is 29.5. The molecule has 11 aromatic rings. The van der Waals surface area contributed by atoms with Crippen LogP contribution in [0.4, 0.5) is 17.1 Å². The molecule has 244 valence electrons. The summed E-state index contributed by atoms with van der Waals surface area (Å²) in [6.45, 7) is 0. The molecule has 0 atom stereocenters. The number of hydrogen-bond donors (Lipinski definition) is 0. The van der Waals surface area contributed by atoms with Crippen molar-refractivity contribution in [3.05, 3.63) is 176 Å². The van der Waals surface area contributed by atoms with Crippen LogP contribution in [0.3, 0.4) is 0 Å². The highest BCUT2D eigenvalue weighted by Gasteiger charge is 2.22. The highest BCUT2D eigenvalue weighted by Crippen LogP contribution is 2.49. The molecule has 3 heterocycles. The third kappa shape index (κ3) is 4.55. The van der Waals surface area contributed by atoms with E-state index in [0.29, 0.717) is 0 Å². The minimum Gasteiger partial charge on any atom is -0.455 e. The largest absolute Gasteiger partial charge is 0.455 e. The predicted octanol–water partition coefficient (Wildman–Crippen LogP) is 15.1. The van der Waals surface area contributed by atoms with Gasteiger partial charge >= 0.3 is 0 Å². The van der Waals surface area contributed by atoms with Crippen molar-refractivity contribution in [2.45, 2.75) is 0 Å². The average Bonchev–Trinajstić information content (AvgIpc) is 3.90. The minimum absolute atomic E-state index is 0.913. The fraction of sp³-hybridized carbons (Fsp3) is 0. The maximum Gasteiger partial charge on any atom is 0.144 e. The van der Waals surface area contributed by atoms with Crippen LogP contribution < -0.4 is 4.90 Å². The van der Waals surface area contributed by atoms with Gasteiger partial charge in [-0.15, -0.1) is 22.7 Å². The first-order valence-corrected chi connectivity index (χ1v) is 19.1. The predicted molar refractivity (Wildman–Crippen MR) is 225 cm³/mol. The molecule has 4 heteroatoms. The first-order valence-electron chi connectivity index (χ1n) is 17.5. The smallest absolute Gasteiger partial charge is 0.144 e. The zero-order chi connectivity index (χ0) is 34.2. The molecule has 2 nitrogen and oxygen atoms in total. The molecule has 0 aliphatic rings. The number of benzene rings is 8. The second-order valence-corrected chi connectivity index (χ2v) is 15.4. The van der Waals surface area contributed by atoms with Crippen LogP contribution in [0.25, 0.3) is 84.5 Å². The van der Waals surface area contributed by atoms with Crippen LogP contribution in [0.15, 0.2) is 180 Å². The molecule has 0 unspecified atom stereocenters. The van der Waals surface area contributed by atoms with Crippen LogP contribution in [0.2, 0.25) is 0 Å². The summed E-state index contributed by atoms with van der Waals surface area (Å²) >= 11 is 3.70. The van der Waals surface area contributed by atoms with Gasteiger partial charge in [-0.1, -0.05) is 115 Å². The van der Waals surface area contributed by atoms with Gasteiger partial charge in [-0.2, -0.15) is 0 Å². The molecule has 0 amide bonds. The summed E-state index contributed by atoms with van der Waals surface area (Å²) in [5.41, 5.74) is 9.82. The molecule has 0 N–H and O–H groups in total. The van der Waals surface area contributed by atoms with E-state index in [0.717, 1.165) is 44.7 Å². The molecule has 0 saturated carbocycles. The van der Waals surface area contributed by atoms with E-state index in [9.17, 15) is 0 Å². The zero-order valence-electron chi connectivity index (χ0n) is 27.9. The summed E-state index contributed by atoms with van der Waals surface area (Å²) in [6.07, 6.45) is 0. The molecule has 0 fully saturated rings. The van der Waals surface area contributed by atoms with Crippen molar-refractivity contribution in [1.29, 1.82) is 0 Å². The van der Waals surface area contributed by atoms with Crippen molar-refractivity contribution >= 4 is 102 Å².